The van der Waals surface area contributed by atoms with E-state index in [1.807, 2.05) is 14.1 Å². The number of nitrogens with zero attached hydrogens (tertiary/aromatic N) is 1. The predicted octanol–water partition coefficient (Wildman–Crippen LogP) is 0.0705. The van der Waals surface area contributed by atoms with Crippen LogP contribution < -0.4 is 0 Å². The highest BCUT2D eigenvalue weighted by molar-refractivity contribution is 7.86. The summed E-state index contributed by atoms with van der Waals surface area (Å²) in [6.45, 7) is 0.824. The maximum Gasteiger partial charge on any atom is 0.319 e. The largest absolute Gasteiger partial charge is 0.319 e. The Labute approximate surface area is 67.2 Å². The van der Waals surface area contributed by atoms with E-state index in [-0.39, 0.29) is 0 Å². The molecule has 1 saturated heterocycles. The predicted molar refractivity (Wildman–Crippen MR) is 41.5 cm³/mol. The Hall–Kier alpha value is -0.130. The van der Waals surface area contributed by atoms with Crippen LogP contribution in [0.15, 0.2) is 0 Å². The van der Waals surface area contributed by atoms with E-state index in [0.29, 0.717) is 10.9 Å². The van der Waals surface area contributed by atoms with Gasteiger partial charge in [-0.15, -0.1) is 0 Å². The summed E-state index contributed by atoms with van der Waals surface area (Å²) in [6, 6.07) is 0. The van der Waals surface area contributed by atoms with Crippen molar-refractivity contribution in [3.05, 3.63) is 0 Å². The molecule has 0 aromatic carbocycles. The Kier molecular flexibility index (Phi) is 1.98. The van der Waals surface area contributed by atoms with E-state index in [0.717, 1.165) is 13.0 Å². The monoisotopic (exact) mass is 180 g/mol. The minimum Gasteiger partial charge on any atom is -0.311 e. The maximum absolute atomic E-state index is 10.8. The molecular formula is C6H14NO3S+. The van der Waals surface area contributed by atoms with Crippen molar-refractivity contribution < 1.29 is 17.5 Å². The molecule has 66 valence electrons. The molecule has 1 fully saturated rings. The van der Waals surface area contributed by atoms with Gasteiger partial charge in [-0.05, 0) is 0 Å². The van der Waals surface area contributed by atoms with Crippen molar-refractivity contribution in [2.75, 3.05) is 20.6 Å². The van der Waals surface area contributed by atoms with Crippen LogP contribution in [0.25, 0.3) is 0 Å². The molecule has 0 aliphatic carbocycles. The van der Waals surface area contributed by atoms with Crippen LogP contribution in [0.4, 0.5) is 0 Å². The van der Waals surface area contributed by atoms with Gasteiger partial charge in [-0.3, -0.25) is 4.55 Å². The summed E-state index contributed by atoms with van der Waals surface area (Å²) >= 11 is 0. The van der Waals surface area contributed by atoms with E-state index in [2.05, 4.69) is 0 Å². The van der Waals surface area contributed by atoms with Crippen LogP contribution in [-0.2, 0) is 10.1 Å². The zero-order valence-electron chi connectivity index (χ0n) is 6.82. The van der Waals surface area contributed by atoms with Gasteiger partial charge in [0.2, 0.25) is 5.37 Å². The average Bonchev–Trinajstić information content (AvgIpc) is 2.06. The molecule has 0 amide bonds. The fourth-order valence-corrected chi connectivity index (χ4v) is 2.97. The molecule has 1 aliphatic rings. The van der Waals surface area contributed by atoms with Crippen molar-refractivity contribution in [1.29, 1.82) is 0 Å². The number of likely N-dealkylation sites (tertiary alicyclic amines) is 1. The van der Waals surface area contributed by atoms with Crippen LogP contribution in [0.5, 0.6) is 0 Å². The second kappa shape index (κ2) is 2.43. The zero-order chi connectivity index (χ0) is 8.70. The molecule has 0 saturated carbocycles. The number of hydrogen-bond acceptors (Lipinski definition) is 2. The molecular weight excluding hydrogens is 166 g/mol. The van der Waals surface area contributed by atoms with Crippen LogP contribution >= 0.6 is 0 Å². The third kappa shape index (κ3) is 1.72. The van der Waals surface area contributed by atoms with Crippen molar-refractivity contribution in [2.45, 2.75) is 18.2 Å². The van der Waals surface area contributed by atoms with Gasteiger partial charge < -0.3 is 4.48 Å². The number of quaternary nitrogens is 1. The Morgan fingerprint density at radius 1 is 1.45 bits per heavy atom. The lowest BCUT2D eigenvalue weighted by molar-refractivity contribution is -0.888. The lowest BCUT2D eigenvalue weighted by Gasteiger charge is -2.28. The van der Waals surface area contributed by atoms with Gasteiger partial charge in [0.15, 0.2) is 0 Å². The minimum absolute atomic E-state index is 0.388. The van der Waals surface area contributed by atoms with Crippen LogP contribution in [0.1, 0.15) is 12.8 Å². The molecule has 0 bridgehead atoms. The van der Waals surface area contributed by atoms with Gasteiger partial charge in [0.25, 0.3) is 0 Å². The van der Waals surface area contributed by atoms with Gasteiger partial charge in [-0.2, -0.15) is 8.42 Å². The van der Waals surface area contributed by atoms with E-state index in [1.165, 1.54) is 0 Å². The Morgan fingerprint density at radius 2 is 2.00 bits per heavy atom. The standard InChI is InChI=1S/C6H13NO3S/c1-7(2)5-3-4-6(7)11(8,9)10/h6H,3-5H2,1-2H3/p+1. The summed E-state index contributed by atoms with van der Waals surface area (Å²) in [5, 5.41) is -0.609. The van der Waals surface area contributed by atoms with Crippen molar-refractivity contribution in [1.82, 2.24) is 0 Å². The first kappa shape index (κ1) is 8.96. The molecule has 4 nitrogen and oxygen atoms in total. The van der Waals surface area contributed by atoms with Gasteiger partial charge in [-0.25, -0.2) is 0 Å². The maximum atomic E-state index is 10.8. The van der Waals surface area contributed by atoms with E-state index in [1.54, 1.807) is 0 Å². The first-order valence-corrected chi connectivity index (χ1v) is 5.13. The van der Waals surface area contributed by atoms with Gasteiger partial charge >= 0.3 is 10.1 Å². The molecule has 1 atom stereocenters. The highest BCUT2D eigenvalue weighted by Crippen LogP contribution is 2.25. The van der Waals surface area contributed by atoms with Crippen LogP contribution in [-0.4, -0.2) is 43.5 Å². The number of hydrogen-bond donors (Lipinski definition) is 1. The van der Waals surface area contributed by atoms with E-state index < -0.39 is 15.5 Å². The van der Waals surface area contributed by atoms with Crippen LogP contribution in [0, 0.1) is 0 Å². The van der Waals surface area contributed by atoms with Crippen molar-refractivity contribution in [3.8, 4) is 0 Å². The van der Waals surface area contributed by atoms with Crippen LogP contribution in [0.3, 0.4) is 0 Å². The highest BCUT2D eigenvalue weighted by Gasteiger charge is 2.42. The SMILES string of the molecule is C[N+]1(C)CCCC1S(=O)(=O)O. The second-order valence-electron chi connectivity index (χ2n) is 3.61. The molecule has 5 heteroatoms. The summed E-state index contributed by atoms with van der Waals surface area (Å²) < 4.78 is 30.8. The van der Waals surface area contributed by atoms with Crippen molar-refractivity contribution in [2.24, 2.45) is 0 Å². The third-order valence-corrected chi connectivity index (χ3v) is 3.80. The van der Waals surface area contributed by atoms with Gasteiger partial charge in [-0.1, -0.05) is 0 Å². The van der Waals surface area contributed by atoms with E-state index in [4.69, 9.17) is 4.55 Å². The summed E-state index contributed by atoms with van der Waals surface area (Å²) in [5.74, 6) is 0. The fraction of sp³-hybridized carbons (Fsp3) is 1.00. The van der Waals surface area contributed by atoms with Gasteiger partial charge in [0.1, 0.15) is 0 Å². The Balaban J connectivity index is 2.91. The normalized spacial score (nSPS) is 30.6. The molecule has 0 aromatic heterocycles. The third-order valence-electron chi connectivity index (χ3n) is 2.31. The summed E-state index contributed by atoms with van der Waals surface area (Å²) in [5.41, 5.74) is 0. The fourth-order valence-electron chi connectivity index (χ4n) is 1.68. The Bertz CT molecular complexity index is 245. The molecule has 0 spiro atoms. The molecule has 1 unspecified atom stereocenters. The van der Waals surface area contributed by atoms with Crippen molar-refractivity contribution in [3.63, 3.8) is 0 Å². The molecule has 0 radical (unpaired) electrons. The first-order chi connectivity index (χ1) is 4.84. The second-order valence-corrected chi connectivity index (χ2v) is 5.19. The lowest BCUT2D eigenvalue weighted by Crippen LogP contribution is -2.47. The molecule has 11 heavy (non-hydrogen) atoms. The Morgan fingerprint density at radius 3 is 2.18 bits per heavy atom. The molecule has 1 rings (SSSR count). The molecule has 0 aromatic rings. The summed E-state index contributed by atoms with van der Waals surface area (Å²) in [6.07, 6.45) is 1.45. The molecule has 1 N–H and O–H groups in total. The summed E-state index contributed by atoms with van der Waals surface area (Å²) in [4.78, 5) is 0. The summed E-state index contributed by atoms with van der Waals surface area (Å²) in [7, 11) is -0.188. The van der Waals surface area contributed by atoms with Crippen molar-refractivity contribution >= 4 is 10.1 Å². The highest BCUT2D eigenvalue weighted by atomic mass is 32.2. The number of rotatable bonds is 1. The zero-order valence-corrected chi connectivity index (χ0v) is 7.63. The quantitative estimate of drug-likeness (QED) is 0.459. The van der Waals surface area contributed by atoms with Gasteiger partial charge in [0.05, 0.1) is 20.6 Å². The molecule has 1 heterocycles. The lowest BCUT2D eigenvalue weighted by atomic mass is 10.4. The topological polar surface area (TPSA) is 54.4 Å². The first-order valence-electron chi connectivity index (χ1n) is 3.63. The smallest absolute Gasteiger partial charge is 0.311 e. The van der Waals surface area contributed by atoms with Gasteiger partial charge in [0, 0.05) is 12.8 Å². The molecule has 1 aliphatic heterocycles. The van der Waals surface area contributed by atoms with Crippen LogP contribution in [0.2, 0.25) is 0 Å². The van der Waals surface area contributed by atoms with E-state index >= 15 is 0 Å². The minimum atomic E-state index is -3.84. The van der Waals surface area contributed by atoms with E-state index in [9.17, 15) is 8.42 Å². The average molecular weight is 180 g/mol.